The van der Waals surface area contributed by atoms with Gasteiger partial charge in [-0.15, -0.1) is 0 Å². The van der Waals surface area contributed by atoms with Crippen molar-refractivity contribution in [2.75, 3.05) is 6.54 Å². The number of aryl methyl sites for hydroxylation is 1. The van der Waals surface area contributed by atoms with Gasteiger partial charge in [0.25, 0.3) is 0 Å². The highest BCUT2D eigenvalue weighted by molar-refractivity contribution is 6.31. The van der Waals surface area contributed by atoms with E-state index in [1.807, 2.05) is 19.2 Å². The van der Waals surface area contributed by atoms with E-state index in [1.165, 1.54) is 11.1 Å². The summed E-state index contributed by atoms with van der Waals surface area (Å²) < 4.78 is 0. The van der Waals surface area contributed by atoms with Crippen LogP contribution in [0, 0.1) is 6.92 Å². The standard InChI is InChI=1S/C16H19ClN2/c1-3-19-16(9-13-5-4-8-18-11-13)14-7-6-12(2)15(17)10-14/h4-8,10-11,16,19H,3,9H2,1-2H3. The number of aromatic nitrogens is 1. The Bertz CT molecular complexity index is 526. The number of rotatable bonds is 5. The minimum Gasteiger partial charge on any atom is -0.310 e. The number of nitrogens with zero attached hydrogens (tertiary/aromatic N) is 1. The molecule has 1 heterocycles. The van der Waals surface area contributed by atoms with Crippen LogP contribution in [0.2, 0.25) is 5.02 Å². The van der Waals surface area contributed by atoms with E-state index >= 15 is 0 Å². The fourth-order valence-corrected chi connectivity index (χ4v) is 2.32. The summed E-state index contributed by atoms with van der Waals surface area (Å²) in [5.74, 6) is 0. The van der Waals surface area contributed by atoms with E-state index in [-0.39, 0.29) is 6.04 Å². The third-order valence-electron chi connectivity index (χ3n) is 3.21. The topological polar surface area (TPSA) is 24.9 Å². The van der Waals surface area contributed by atoms with E-state index in [0.717, 1.165) is 23.6 Å². The van der Waals surface area contributed by atoms with E-state index in [1.54, 1.807) is 6.20 Å². The van der Waals surface area contributed by atoms with Gasteiger partial charge in [-0.3, -0.25) is 4.98 Å². The zero-order valence-electron chi connectivity index (χ0n) is 11.4. The highest BCUT2D eigenvalue weighted by Gasteiger charge is 2.12. The zero-order valence-corrected chi connectivity index (χ0v) is 12.1. The Morgan fingerprint density at radius 1 is 1.32 bits per heavy atom. The molecule has 1 atom stereocenters. The molecule has 1 aromatic heterocycles. The predicted octanol–water partition coefficient (Wildman–Crippen LogP) is 3.94. The first-order valence-electron chi connectivity index (χ1n) is 6.59. The van der Waals surface area contributed by atoms with Crippen LogP contribution in [0.25, 0.3) is 0 Å². The molecule has 100 valence electrons. The van der Waals surface area contributed by atoms with Crippen LogP contribution >= 0.6 is 11.6 Å². The van der Waals surface area contributed by atoms with Crippen molar-refractivity contribution in [1.82, 2.24) is 10.3 Å². The van der Waals surface area contributed by atoms with Crippen molar-refractivity contribution in [3.8, 4) is 0 Å². The highest BCUT2D eigenvalue weighted by atomic mass is 35.5. The van der Waals surface area contributed by atoms with Gasteiger partial charge in [0.2, 0.25) is 0 Å². The molecule has 0 amide bonds. The lowest BCUT2D eigenvalue weighted by Crippen LogP contribution is -2.23. The van der Waals surface area contributed by atoms with Gasteiger partial charge < -0.3 is 5.32 Å². The molecule has 2 rings (SSSR count). The van der Waals surface area contributed by atoms with Crippen molar-refractivity contribution in [3.05, 3.63) is 64.4 Å². The van der Waals surface area contributed by atoms with Crippen molar-refractivity contribution in [2.24, 2.45) is 0 Å². The molecule has 0 saturated carbocycles. The number of hydrogen-bond donors (Lipinski definition) is 1. The number of hydrogen-bond acceptors (Lipinski definition) is 2. The van der Waals surface area contributed by atoms with Gasteiger partial charge in [0.05, 0.1) is 0 Å². The molecule has 1 aromatic carbocycles. The molecule has 2 aromatic rings. The summed E-state index contributed by atoms with van der Waals surface area (Å²) in [7, 11) is 0. The Balaban J connectivity index is 2.21. The number of nitrogens with one attached hydrogen (secondary N) is 1. The normalized spacial score (nSPS) is 12.4. The monoisotopic (exact) mass is 274 g/mol. The zero-order chi connectivity index (χ0) is 13.7. The van der Waals surface area contributed by atoms with E-state index in [0.29, 0.717) is 0 Å². The van der Waals surface area contributed by atoms with Gasteiger partial charge in [0.15, 0.2) is 0 Å². The van der Waals surface area contributed by atoms with Gasteiger partial charge >= 0.3 is 0 Å². The average Bonchev–Trinajstić information content (AvgIpc) is 2.43. The minimum atomic E-state index is 0.271. The van der Waals surface area contributed by atoms with Crippen molar-refractivity contribution in [2.45, 2.75) is 26.3 Å². The number of benzene rings is 1. The Morgan fingerprint density at radius 3 is 2.79 bits per heavy atom. The molecule has 0 spiro atoms. The van der Waals surface area contributed by atoms with Gasteiger partial charge in [0.1, 0.15) is 0 Å². The fraction of sp³-hybridized carbons (Fsp3) is 0.312. The van der Waals surface area contributed by atoms with Crippen LogP contribution in [-0.2, 0) is 6.42 Å². The first-order valence-corrected chi connectivity index (χ1v) is 6.97. The Morgan fingerprint density at radius 2 is 2.16 bits per heavy atom. The lowest BCUT2D eigenvalue weighted by molar-refractivity contribution is 0.549. The van der Waals surface area contributed by atoms with Gasteiger partial charge in [-0.2, -0.15) is 0 Å². The first-order chi connectivity index (χ1) is 9.20. The van der Waals surface area contributed by atoms with Crippen molar-refractivity contribution in [1.29, 1.82) is 0 Å². The molecule has 0 bridgehead atoms. The summed E-state index contributed by atoms with van der Waals surface area (Å²) >= 11 is 6.22. The minimum absolute atomic E-state index is 0.271. The first kappa shape index (κ1) is 14.0. The Hall–Kier alpha value is -1.38. The van der Waals surface area contributed by atoms with E-state index in [9.17, 15) is 0 Å². The predicted molar refractivity (Wildman–Crippen MR) is 80.5 cm³/mol. The van der Waals surface area contributed by atoms with E-state index in [2.05, 4.69) is 41.5 Å². The molecule has 0 saturated heterocycles. The summed E-state index contributed by atoms with van der Waals surface area (Å²) in [4.78, 5) is 4.17. The maximum Gasteiger partial charge on any atom is 0.0438 e. The average molecular weight is 275 g/mol. The van der Waals surface area contributed by atoms with Crippen LogP contribution in [0.3, 0.4) is 0 Å². The lowest BCUT2D eigenvalue weighted by atomic mass is 9.99. The molecule has 19 heavy (non-hydrogen) atoms. The molecular weight excluding hydrogens is 256 g/mol. The van der Waals surface area contributed by atoms with Gasteiger partial charge in [-0.1, -0.05) is 36.7 Å². The molecule has 0 radical (unpaired) electrons. The SMILES string of the molecule is CCNC(Cc1cccnc1)c1ccc(C)c(Cl)c1. The molecule has 2 nitrogen and oxygen atoms in total. The summed E-state index contributed by atoms with van der Waals surface area (Å²) in [5.41, 5.74) is 3.56. The second kappa shape index (κ2) is 6.69. The fourth-order valence-electron chi connectivity index (χ4n) is 2.13. The summed E-state index contributed by atoms with van der Waals surface area (Å²) in [6.07, 6.45) is 4.63. The Kier molecular flexibility index (Phi) is 4.94. The number of halogens is 1. The maximum absolute atomic E-state index is 6.22. The third-order valence-corrected chi connectivity index (χ3v) is 3.62. The molecule has 1 N–H and O–H groups in total. The van der Waals surface area contributed by atoms with Crippen LogP contribution in [0.5, 0.6) is 0 Å². The van der Waals surface area contributed by atoms with Gasteiger partial charge in [-0.25, -0.2) is 0 Å². The molecule has 0 aliphatic heterocycles. The van der Waals surface area contributed by atoms with Crippen LogP contribution in [-0.4, -0.2) is 11.5 Å². The Labute approximate surface area is 119 Å². The number of pyridine rings is 1. The number of likely N-dealkylation sites (N-methyl/N-ethyl adjacent to an activating group) is 1. The van der Waals surface area contributed by atoms with Gasteiger partial charge in [-0.05, 0) is 48.7 Å². The molecule has 0 aliphatic rings. The second-order valence-corrected chi connectivity index (χ2v) is 5.09. The van der Waals surface area contributed by atoms with Gasteiger partial charge in [0, 0.05) is 23.5 Å². The molecule has 0 aliphatic carbocycles. The second-order valence-electron chi connectivity index (χ2n) is 4.68. The smallest absolute Gasteiger partial charge is 0.0438 e. The summed E-state index contributed by atoms with van der Waals surface area (Å²) in [6, 6.07) is 10.6. The van der Waals surface area contributed by atoms with Crippen LogP contribution in [0.1, 0.15) is 29.7 Å². The molecular formula is C16H19ClN2. The summed E-state index contributed by atoms with van der Waals surface area (Å²) in [5, 5.41) is 4.33. The third kappa shape index (κ3) is 3.79. The van der Waals surface area contributed by atoms with Crippen molar-refractivity contribution < 1.29 is 0 Å². The lowest BCUT2D eigenvalue weighted by Gasteiger charge is -2.19. The van der Waals surface area contributed by atoms with Crippen molar-refractivity contribution >= 4 is 11.6 Å². The van der Waals surface area contributed by atoms with E-state index < -0.39 is 0 Å². The molecule has 3 heteroatoms. The van der Waals surface area contributed by atoms with E-state index in [4.69, 9.17) is 11.6 Å². The van der Waals surface area contributed by atoms with Crippen LogP contribution in [0.4, 0.5) is 0 Å². The molecule has 0 fully saturated rings. The van der Waals surface area contributed by atoms with Crippen molar-refractivity contribution in [3.63, 3.8) is 0 Å². The highest BCUT2D eigenvalue weighted by Crippen LogP contribution is 2.23. The maximum atomic E-state index is 6.22. The molecule has 1 unspecified atom stereocenters. The summed E-state index contributed by atoms with van der Waals surface area (Å²) in [6.45, 7) is 5.07. The van der Waals surface area contributed by atoms with Crippen LogP contribution < -0.4 is 5.32 Å². The van der Waals surface area contributed by atoms with Crippen LogP contribution in [0.15, 0.2) is 42.7 Å². The largest absolute Gasteiger partial charge is 0.310 e. The quantitative estimate of drug-likeness (QED) is 0.893.